The number of Topliss-reactive ketones (excluding diaryl/α,β-unsaturated/α-hetero) is 1. The predicted octanol–water partition coefficient (Wildman–Crippen LogP) is 6.38. The van der Waals surface area contributed by atoms with E-state index in [9.17, 15) is 15.0 Å². The van der Waals surface area contributed by atoms with Gasteiger partial charge in [-0.05, 0) is 37.0 Å². The number of phenolic OH excluding ortho intramolecular Hbond substituents is 2. The first-order valence-corrected chi connectivity index (χ1v) is 9.84. The Kier molecular flexibility index (Phi) is 10.7. The lowest BCUT2D eigenvalue weighted by atomic mass is 9.96. The molecule has 0 aliphatic carbocycles. The fourth-order valence-corrected chi connectivity index (χ4v) is 2.94. The fraction of sp³-hybridized carbons (Fsp3) is 0.591. The van der Waals surface area contributed by atoms with Gasteiger partial charge in [-0.3, -0.25) is 4.79 Å². The monoisotopic (exact) mass is 346 g/mol. The van der Waals surface area contributed by atoms with Crippen molar-refractivity contribution >= 4 is 11.9 Å². The molecule has 0 atom stereocenters. The van der Waals surface area contributed by atoms with Crippen LogP contribution in [0, 0.1) is 0 Å². The van der Waals surface area contributed by atoms with E-state index in [0.717, 1.165) is 50.5 Å². The van der Waals surface area contributed by atoms with Gasteiger partial charge in [0, 0.05) is 12.0 Å². The lowest BCUT2D eigenvalue weighted by molar-refractivity contribution is -0.115. The van der Waals surface area contributed by atoms with E-state index in [1.54, 1.807) is 18.2 Å². The molecule has 25 heavy (non-hydrogen) atoms. The van der Waals surface area contributed by atoms with Crippen LogP contribution in [0.1, 0.15) is 90.0 Å². The molecule has 0 radical (unpaired) electrons. The smallest absolute Gasteiger partial charge is 0.164 e. The van der Waals surface area contributed by atoms with Gasteiger partial charge in [-0.25, -0.2) is 0 Å². The van der Waals surface area contributed by atoms with Crippen LogP contribution in [-0.4, -0.2) is 16.0 Å². The maximum atomic E-state index is 12.6. The minimum Gasteiger partial charge on any atom is -0.504 e. The van der Waals surface area contributed by atoms with Gasteiger partial charge in [-0.2, -0.15) is 0 Å². The van der Waals surface area contributed by atoms with Gasteiger partial charge in [0.1, 0.15) is 0 Å². The van der Waals surface area contributed by atoms with Gasteiger partial charge in [0.05, 0.1) is 0 Å². The van der Waals surface area contributed by atoms with Gasteiger partial charge in [-0.15, -0.1) is 0 Å². The van der Waals surface area contributed by atoms with Crippen LogP contribution < -0.4 is 0 Å². The molecule has 1 rings (SSSR count). The van der Waals surface area contributed by atoms with Crippen LogP contribution in [0.3, 0.4) is 0 Å². The molecule has 0 saturated carbocycles. The molecule has 0 amide bonds. The van der Waals surface area contributed by atoms with Crippen molar-refractivity contribution in [1.82, 2.24) is 0 Å². The van der Waals surface area contributed by atoms with E-state index in [0.29, 0.717) is 12.0 Å². The van der Waals surface area contributed by atoms with Crippen LogP contribution in [0.15, 0.2) is 23.8 Å². The molecule has 0 unspecified atom stereocenters. The van der Waals surface area contributed by atoms with Gasteiger partial charge in [0.15, 0.2) is 17.3 Å². The van der Waals surface area contributed by atoms with Crippen LogP contribution in [0.5, 0.6) is 11.5 Å². The molecule has 0 aliphatic rings. The molecule has 3 nitrogen and oxygen atoms in total. The summed E-state index contributed by atoms with van der Waals surface area (Å²) in [6, 6.07) is 4.87. The molecule has 0 aromatic heterocycles. The van der Waals surface area contributed by atoms with E-state index in [4.69, 9.17) is 0 Å². The highest BCUT2D eigenvalue weighted by Crippen LogP contribution is 2.31. The summed E-state index contributed by atoms with van der Waals surface area (Å²) in [4.78, 5) is 12.6. The Labute approximate surface area is 152 Å². The van der Waals surface area contributed by atoms with E-state index in [1.807, 2.05) is 0 Å². The molecule has 0 bridgehead atoms. The van der Waals surface area contributed by atoms with Crippen LogP contribution in [0.4, 0.5) is 0 Å². The number of para-hydroxylation sites is 1. The summed E-state index contributed by atoms with van der Waals surface area (Å²) in [5.41, 5.74) is 1.29. The van der Waals surface area contributed by atoms with Crippen molar-refractivity contribution in [1.29, 1.82) is 0 Å². The molecule has 0 spiro atoms. The number of carbonyl (C=O) groups excluding carboxylic acids is 1. The second kappa shape index (κ2) is 12.6. The Morgan fingerprint density at radius 1 is 0.880 bits per heavy atom. The maximum absolute atomic E-state index is 12.6. The third-order valence-electron chi connectivity index (χ3n) is 4.54. The molecule has 1 aromatic rings. The lowest BCUT2D eigenvalue weighted by Crippen LogP contribution is -2.03. The number of aromatic hydroxyl groups is 2. The molecule has 0 saturated heterocycles. The van der Waals surface area contributed by atoms with E-state index >= 15 is 0 Å². The van der Waals surface area contributed by atoms with Crippen molar-refractivity contribution in [2.24, 2.45) is 0 Å². The Hall–Kier alpha value is -1.77. The number of ketones is 1. The Balaban J connectivity index is 2.77. The molecular weight excluding hydrogens is 312 g/mol. The average molecular weight is 347 g/mol. The largest absolute Gasteiger partial charge is 0.504 e. The average Bonchev–Trinajstić information content (AvgIpc) is 2.61. The van der Waals surface area contributed by atoms with Crippen molar-refractivity contribution < 1.29 is 15.0 Å². The van der Waals surface area contributed by atoms with Crippen molar-refractivity contribution in [2.45, 2.75) is 84.5 Å². The Morgan fingerprint density at radius 2 is 1.48 bits per heavy atom. The van der Waals surface area contributed by atoms with Crippen molar-refractivity contribution in [3.8, 4) is 11.5 Å². The van der Waals surface area contributed by atoms with Crippen molar-refractivity contribution in [3.05, 3.63) is 29.3 Å². The Morgan fingerprint density at radius 3 is 2.16 bits per heavy atom. The molecule has 3 heteroatoms. The number of hydrogen-bond acceptors (Lipinski definition) is 3. The van der Waals surface area contributed by atoms with Crippen LogP contribution >= 0.6 is 0 Å². The first-order chi connectivity index (χ1) is 12.1. The standard InChI is InChI=1S/C22H34O3/c1-3-5-7-9-10-13-18(20(23)15-11-8-6-4-2)17-19-14-12-16-21(24)22(19)25/h12,14,16-17,24-25H,3-11,13,15H2,1-2H3. The van der Waals surface area contributed by atoms with Crippen LogP contribution in [0.2, 0.25) is 0 Å². The third-order valence-corrected chi connectivity index (χ3v) is 4.54. The molecule has 0 fully saturated rings. The zero-order valence-electron chi connectivity index (χ0n) is 15.9. The first-order valence-electron chi connectivity index (χ1n) is 9.84. The predicted molar refractivity (Wildman–Crippen MR) is 105 cm³/mol. The zero-order valence-corrected chi connectivity index (χ0v) is 15.9. The SMILES string of the molecule is CCCCCCCC(=Cc1cccc(O)c1O)C(=O)CCCCCC. The zero-order chi connectivity index (χ0) is 18.5. The van der Waals surface area contributed by atoms with Gasteiger partial charge >= 0.3 is 0 Å². The summed E-state index contributed by atoms with van der Waals surface area (Å²) >= 11 is 0. The van der Waals surface area contributed by atoms with Gasteiger partial charge < -0.3 is 10.2 Å². The van der Waals surface area contributed by atoms with E-state index in [2.05, 4.69) is 13.8 Å². The first kappa shape index (κ1) is 21.3. The molecule has 140 valence electrons. The molecule has 1 aromatic carbocycles. The molecule has 0 heterocycles. The number of rotatable bonds is 13. The van der Waals surface area contributed by atoms with Gasteiger partial charge in [-0.1, -0.05) is 70.9 Å². The normalized spacial score (nSPS) is 11.7. The summed E-state index contributed by atoms with van der Waals surface area (Å²) in [5.74, 6) is -0.120. The quantitative estimate of drug-likeness (QED) is 0.247. The van der Waals surface area contributed by atoms with Gasteiger partial charge in [0.2, 0.25) is 0 Å². The highest BCUT2D eigenvalue weighted by atomic mass is 16.3. The summed E-state index contributed by atoms with van der Waals surface area (Å²) in [5, 5.41) is 19.7. The van der Waals surface area contributed by atoms with Crippen molar-refractivity contribution in [3.63, 3.8) is 0 Å². The van der Waals surface area contributed by atoms with E-state index in [-0.39, 0.29) is 17.3 Å². The van der Waals surface area contributed by atoms with Crippen LogP contribution in [0.25, 0.3) is 6.08 Å². The fourth-order valence-electron chi connectivity index (χ4n) is 2.94. The summed E-state index contributed by atoms with van der Waals surface area (Å²) in [6.07, 6.45) is 13.2. The topological polar surface area (TPSA) is 57.5 Å². The number of hydrogen-bond donors (Lipinski definition) is 2. The molecular formula is C22H34O3. The number of phenols is 2. The second-order valence-corrected chi connectivity index (χ2v) is 6.78. The highest BCUT2D eigenvalue weighted by molar-refractivity contribution is 5.99. The third kappa shape index (κ3) is 8.24. The highest BCUT2D eigenvalue weighted by Gasteiger charge is 2.12. The minimum atomic E-state index is -0.148. The Bertz CT molecular complexity index is 546. The van der Waals surface area contributed by atoms with E-state index < -0.39 is 0 Å². The maximum Gasteiger partial charge on any atom is 0.164 e. The molecule has 2 N–H and O–H groups in total. The lowest BCUT2D eigenvalue weighted by Gasteiger charge is -2.09. The number of benzene rings is 1. The molecule has 0 aliphatic heterocycles. The summed E-state index contributed by atoms with van der Waals surface area (Å²) in [6.45, 7) is 4.35. The number of unbranched alkanes of at least 4 members (excludes halogenated alkanes) is 7. The number of allylic oxidation sites excluding steroid dienone is 1. The second-order valence-electron chi connectivity index (χ2n) is 6.78. The van der Waals surface area contributed by atoms with Crippen molar-refractivity contribution in [2.75, 3.05) is 0 Å². The minimum absolute atomic E-state index is 0.147. The van der Waals surface area contributed by atoms with E-state index in [1.165, 1.54) is 25.3 Å². The van der Waals surface area contributed by atoms with Crippen LogP contribution in [-0.2, 0) is 4.79 Å². The summed E-state index contributed by atoms with van der Waals surface area (Å²) in [7, 11) is 0. The van der Waals surface area contributed by atoms with Gasteiger partial charge in [0.25, 0.3) is 0 Å². The number of carbonyl (C=O) groups is 1. The summed E-state index contributed by atoms with van der Waals surface area (Å²) < 4.78 is 0.